The maximum Gasteiger partial charge on any atom is 0.261 e. The third-order valence-electron chi connectivity index (χ3n) is 5.79. The van der Waals surface area contributed by atoms with Crippen LogP contribution in [0.25, 0.3) is 10.2 Å². The van der Waals surface area contributed by atoms with Crippen LogP contribution in [0.15, 0.2) is 18.3 Å². The minimum Gasteiger partial charge on any atom is -0.370 e. The Labute approximate surface area is 179 Å². The van der Waals surface area contributed by atoms with Gasteiger partial charge in [-0.05, 0) is 24.5 Å². The van der Waals surface area contributed by atoms with Crippen molar-refractivity contribution < 1.29 is 19.1 Å². The highest BCUT2D eigenvalue weighted by Crippen LogP contribution is 2.39. The lowest BCUT2D eigenvalue weighted by atomic mass is 9.95. The molecule has 0 saturated carbocycles. The summed E-state index contributed by atoms with van der Waals surface area (Å²) < 4.78 is 5.54. The number of amides is 3. The SMILES string of the molecule is CNC(=O)c1sc2ncccc2c1C1CCN(C(=O)COCCN2CCCC2=O)C1. The molecule has 0 bridgehead atoms. The minimum absolute atomic E-state index is 0.0169. The molecule has 1 atom stereocenters. The number of aromatic nitrogens is 1. The van der Waals surface area contributed by atoms with Crippen molar-refractivity contribution in [1.29, 1.82) is 0 Å². The van der Waals surface area contributed by atoms with Gasteiger partial charge < -0.3 is 19.9 Å². The lowest BCUT2D eigenvalue weighted by Gasteiger charge is -2.18. The van der Waals surface area contributed by atoms with Gasteiger partial charge in [0.2, 0.25) is 11.8 Å². The molecule has 2 aromatic rings. The molecular formula is C21H26N4O4S. The van der Waals surface area contributed by atoms with Crippen molar-refractivity contribution >= 4 is 39.3 Å². The molecule has 0 aromatic carbocycles. The number of carbonyl (C=O) groups excluding carboxylic acids is 3. The largest absolute Gasteiger partial charge is 0.370 e. The number of nitrogens with zero attached hydrogens (tertiary/aromatic N) is 3. The molecule has 3 amide bonds. The minimum atomic E-state index is -0.113. The Morgan fingerprint density at radius 2 is 2.23 bits per heavy atom. The third-order valence-corrected chi connectivity index (χ3v) is 6.92. The molecule has 9 heteroatoms. The van der Waals surface area contributed by atoms with Gasteiger partial charge in [0.15, 0.2) is 0 Å². The second-order valence-electron chi connectivity index (χ2n) is 7.64. The van der Waals surface area contributed by atoms with Crippen molar-refractivity contribution in [3.05, 3.63) is 28.8 Å². The molecule has 2 aromatic heterocycles. The molecular weight excluding hydrogens is 404 g/mol. The number of ether oxygens (including phenoxy) is 1. The second-order valence-corrected chi connectivity index (χ2v) is 8.64. The molecule has 2 aliphatic heterocycles. The summed E-state index contributed by atoms with van der Waals surface area (Å²) in [6.45, 7) is 2.92. The molecule has 2 aliphatic rings. The Balaban J connectivity index is 1.36. The molecule has 160 valence electrons. The van der Waals surface area contributed by atoms with Crippen LogP contribution >= 0.6 is 11.3 Å². The number of carbonyl (C=O) groups is 3. The summed E-state index contributed by atoms with van der Waals surface area (Å²) in [5.41, 5.74) is 0.992. The summed E-state index contributed by atoms with van der Waals surface area (Å²) in [6.07, 6.45) is 4.04. The van der Waals surface area contributed by atoms with E-state index < -0.39 is 0 Å². The Morgan fingerprint density at radius 1 is 1.37 bits per heavy atom. The average molecular weight is 431 g/mol. The molecule has 0 radical (unpaired) electrons. The van der Waals surface area contributed by atoms with E-state index in [1.54, 1.807) is 23.0 Å². The van der Waals surface area contributed by atoms with Gasteiger partial charge in [-0.25, -0.2) is 4.98 Å². The van der Waals surface area contributed by atoms with Crippen molar-refractivity contribution in [3.8, 4) is 0 Å². The molecule has 4 heterocycles. The van der Waals surface area contributed by atoms with Crippen LogP contribution in [0.3, 0.4) is 0 Å². The predicted molar refractivity (Wildman–Crippen MR) is 114 cm³/mol. The third kappa shape index (κ3) is 4.17. The number of thiophene rings is 1. The zero-order valence-electron chi connectivity index (χ0n) is 17.1. The van der Waals surface area contributed by atoms with Gasteiger partial charge >= 0.3 is 0 Å². The summed E-state index contributed by atoms with van der Waals surface area (Å²) in [4.78, 5) is 46.1. The number of rotatable bonds is 7. The van der Waals surface area contributed by atoms with Gasteiger partial charge in [0, 0.05) is 57.1 Å². The van der Waals surface area contributed by atoms with Gasteiger partial charge in [0.1, 0.15) is 11.4 Å². The number of nitrogens with one attached hydrogen (secondary N) is 1. The van der Waals surface area contributed by atoms with Crippen LogP contribution in [0, 0.1) is 0 Å². The summed E-state index contributed by atoms with van der Waals surface area (Å²) >= 11 is 1.40. The monoisotopic (exact) mass is 430 g/mol. The maximum atomic E-state index is 12.6. The van der Waals surface area contributed by atoms with Crippen molar-refractivity contribution in [2.24, 2.45) is 0 Å². The first-order chi connectivity index (χ1) is 14.6. The number of pyridine rings is 1. The molecule has 30 heavy (non-hydrogen) atoms. The fraction of sp³-hybridized carbons (Fsp3) is 0.524. The molecule has 2 fully saturated rings. The summed E-state index contributed by atoms with van der Waals surface area (Å²) in [6, 6.07) is 3.87. The smallest absolute Gasteiger partial charge is 0.261 e. The number of likely N-dealkylation sites (tertiary alicyclic amines) is 2. The van der Waals surface area contributed by atoms with E-state index in [-0.39, 0.29) is 30.2 Å². The molecule has 8 nitrogen and oxygen atoms in total. The molecule has 4 rings (SSSR count). The van der Waals surface area contributed by atoms with E-state index in [0.29, 0.717) is 37.5 Å². The van der Waals surface area contributed by atoms with Gasteiger partial charge in [0.25, 0.3) is 5.91 Å². The maximum absolute atomic E-state index is 12.6. The van der Waals surface area contributed by atoms with Gasteiger partial charge in [-0.3, -0.25) is 14.4 Å². The first-order valence-corrected chi connectivity index (χ1v) is 11.1. The molecule has 0 aliphatic carbocycles. The predicted octanol–water partition coefficient (Wildman–Crippen LogP) is 1.61. The number of hydrogen-bond donors (Lipinski definition) is 1. The standard InChI is InChI=1S/C21H26N4O4S/c1-22-20(28)19-18(15-4-2-7-23-21(15)30-19)14-6-9-25(12-14)17(27)13-29-11-10-24-8-3-5-16(24)26/h2,4,7,14H,3,5-6,8-13H2,1H3,(H,22,28). The second kappa shape index (κ2) is 9.09. The highest BCUT2D eigenvalue weighted by molar-refractivity contribution is 7.20. The van der Waals surface area contributed by atoms with Crippen molar-refractivity contribution in [1.82, 2.24) is 20.1 Å². The van der Waals surface area contributed by atoms with Crippen LogP contribution in [-0.4, -0.2) is 78.9 Å². The van der Waals surface area contributed by atoms with E-state index in [4.69, 9.17) is 4.74 Å². The molecule has 2 saturated heterocycles. The summed E-state index contributed by atoms with van der Waals surface area (Å²) in [5.74, 6) is 0.0973. The zero-order chi connectivity index (χ0) is 21.1. The van der Waals surface area contributed by atoms with E-state index >= 15 is 0 Å². The van der Waals surface area contributed by atoms with E-state index in [1.807, 2.05) is 12.1 Å². The summed E-state index contributed by atoms with van der Waals surface area (Å²) in [7, 11) is 1.63. The zero-order valence-corrected chi connectivity index (χ0v) is 17.9. The van der Waals surface area contributed by atoms with Gasteiger partial charge in [0.05, 0.1) is 11.5 Å². The molecule has 1 N–H and O–H groups in total. The van der Waals surface area contributed by atoms with Crippen LogP contribution < -0.4 is 5.32 Å². The van der Waals surface area contributed by atoms with Crippen LogP contribution in [0.2, 0.25) is 0 Å². The molecule has 0 spiro atoms. The number of fused-ring (bicyclic) bond motifs is 1. The van der Waals surface area contributed by atoms with E-state index in [0.717, 1.165) is 35.2 Å². The van der Waals surface area contributed by atoms with Crippen LogP contribution in [0.1, 0.15) is 40.4 Å². The summed E-state index contributed by atoms with van der Waals surface area (Å²) in [5, 5.41) is 3.71. The first-order valence-electron chi connectivity index (χ1n) is 10.3. The first kappa shape index (κ1) is 20.7. The highest BCUT2D eigenvalue weighted by Gasteiger charge is 2.32. The van der Waals surface area contributed by atoms with Gasteiger partial charge in [-0.15, -0.1) is 11.3 Å². The van der Waals surface area contributed by atoms with Crippen molar-refractivity contribution in [2.45, 2.75) is 25.2 Å². The van der Waals surface area contributed by atoms with E-state index in [9.17, 15) is 14.4 Å². The fourth-order valence-corrected chi connectivity index (χ4v) is 5.40. The Kier molecular flexibility index (Phi) is 6.29. The van der Waals surface area contributed by atoms with Crippen LogP contribution in [0.5, 0.6) is 0 Å². The number of hydrogen-bond acceptors (Lipinski definition) is 6. The van der Waals surface area contributed by atoms with E-state index in [2.05, 4.69) is 10.3 Å². The lowest BCUT2D eigenvalue weighted by Crippen LogP contribution is -2.34. The Morgan fingerprint density at radius 3 is 3.00 bits per heavy atom. The topological polar surface area (TPSA) is 91.8 Å². The highest BCUT2D eigenvalue weighted by atomic mass is 32.1. The normalized spacial score (nSPS) is 19.1. The Bertz CT molecular complexity index is 960. The molecule has 1 unspecified atom stereocenters. The van der Waals surface area contributed by atoms with Gasteiger partial charge in [-0.2, -0.15) is 0 Å². The Hall–Kier alpha value is -2.52. The van der Waals surface area contributed by atoms with E-state index in [1.165, 1.54) is 11.3 Å². The van der Waals surface area contributed by atoms with Gasteiger partial charge in [-0.1, -0.05) is 6.07 Å². The van der Waals surface area contributed by atoms with Crippen LogP contribution in [0.4, 0.5) is 0 Å². The van der Waals surface area contributed by atoms with Crippen LogP contribution in [-0.2, 0) is 14.3 Å². The van der Waals surface area contributed by atoms with Crippen molar-refractivity contribution in [3.63, 3.8) is 0 Å². The quantitative estimate of drug-likeness (QED) is 0.674. The van der Waals surface area contributed by atoms with Crippen molar-refractivity contribution in [2.75, 3.05) is 46.4 Å². The average Bonchev–Trinajstić information content (AvgIpc) is 3.48. The fourth-order valence-electron chi connectivity index (χ4n) is 4.23. The lowest BCUT2D eigenvalue weighted by molar-refractivity contribution is -0.135.